The van der Waals surface area contributed by atoms with E-state index in [9.17, 15) is 32.9 Å². The molecule has 0 bridgehead atoms. The second kappa shape index (κ2) is 8.33. The molecular weight excluding hydrogens is 397 g/mol. The van der Waals surface area contributed by atoms with Crippen molar-refractivity contribution < 1.29 is 37.2 Å². The molecule has 1 aromatic rings. The molecule has 156 valence electrons. The van der Waals surface area contributed by atoms with Gasteiger partial charge in [-0.3, -0.25) is 10.1 Å². The zero-order chi connectivity index (χ0) is 21.9. The second-order valence-corrected chi connectivity index (χ2v) is 6.17. The molecule has 0 radical (unpaired) electrons. The fourth-order valence-corrected chi connectivity index (χ4v) is 3.02. The summed E-state index contributed by atoms with van der Waals surface area (Å²) in [6, 6.07) is 5.10. The Morgan fingerprint density at radius 3 is 2.28 bits per heavy atom. The van der Waals surface area contributed by atoms with Crippen LogP contribution < -0.4 is 5.32 Å². The minimum absolute atomic E-state index is 0.0717. The highest BCUT2D eigenvalue weighted by Gasteiger charge is 2.39. The summed E-state index contributed by atoms with van der Waals surface area (Å²) in [4.78, 5) is 35.3. The molecule has 0 fully saturated rings. The fraction of sp³-hybridized carbons (Fsp3) is 0.333. The Morgan fingerprint density at radius 2 is 1.76 bits per heavy atom. The zero-order valence-electron chi connectivity index (χ0n) is 15.6. The molecule has 0 saturated heterocycles. The Morgan fingerprint density at radius 1 is 1.17 bits per heavy atom. The van der Waals surface area contributed by atoms with Gasteiger partial charge < -0.3 is 14.8 Å². The van der Waals surface area contributed by atoms with E-state index >= 15 is 0 Å². The lowest BCUT2D eigenvalue weighted by atomic mass is 9.80. The molecule has 0 aromatic heterocycles. The number of methoxy groups -OCH3 is 1. The summed E-state index contributed by atoms with van der Waals surface area (Å²) in [5, 5.41) is 13.9. The summed E-state index contributed by atoms with van der Waals surface area (Å²) < 4.78 is 46.6. The molecule has 1 aliphatic heterocycles. The van der Waals surface area contributed by atoms with E-state index in [1.807, 2.05) is 0 Å². The Kier molecular flexibility index (Phi) is 6.30. The lowest BCUT2D eigenvalue weighted by molar-refractivity contribution is -0.384. The maximum absolute atomic E-state index is 12.5. The minimum atomic E-state index is -4.75. The number of nitro benzene ring substituents is 1. The predicted molar refractivity (Wildman–Crippen MR) is 93.4 cm³/mol. The summed E-state index contributed by atoms with van der Waals surface area (Å²) in [6.45, 7) is 1.12. The predicted octanol–water partition coefficient (Wildman–Crippen LogP) is 3.11. The van der Waals surface area contributed by atoms with Gasteiger partial charge in [0.2, 0.25) is 0 Å². The molecule has 29 heavy (non-hydrogen) atoms. The number of hydrogen-bond donors (Lipinski definition) is 1. The van der Waals surface area contributed by atoms with E-state index in [2.05, 4.69) is 10.1 Å². The molecule has 1 aromatic carbocycles. The fourth-order valence-electron chi connectivity index (χ4n) is 3.02. The molecule has 1 heterocycles. The number of nitrogens with one attached hydrogen (secondary N) is 1. The Hall–Kier alpha value is -3.37. The van der Waals surface area contributed by atoms with Crippen LogP contribution in [0.5, 0.6) is 0 Å². The van der Waals surface area contributed by atoms with Crippen molar-refractivity contribution in [3.63, 3.8) is 0 Å². The van der Waals surface area contributed by atoms with E-state index in [-0.39, 0.29) is 28.1 Å². The number of benzene rings is 1. The molecule has 0 saturated carbocycles. The van der Waals surface area contributed by atoms with Crippen LogP contribution in [-0.2, 0) is 19.1 Å². The van der Waals surface area contributed by atoms with Crippen molar-refractivity contribution >= 4 is 17.6 Å². The summed E-state index contributed by atoms with van der Waals surface area (Å²) >= 11 is 0. The van der Waals surface area contributed by atoms with Crippen molar-refractivity contribution in [2.45, 2.75) is 25.9 Å². The topological polar surface area (TPSA) is 108 Å². The first-order valence-corrected chi connectivity index (χ1v) is 8.21. The van der Waals surface area contributed by atoms with Gasteiger partial charge in [0.15, 0.2) is 6.61 Å². The standard InChI is InChI=1S/C18H17F3N2O6/c1-9-13(16(24)28-3)15(11-5-4-6-12(7-11)23(26)27)14(10(2)22-9)17(25)29-8-18(19,20)21/h4-7,15,22H,8H2,1-3H3/t15-/m0/s1. The molecule has 11 heteroatoms. The van der Waals surface area contributed by atoms with Gasteiger partial charge in [0.1, 0.15) is 0 Å². The van der Waals surface area contributed by atoms with Gasteiger partial charge in [0.25, 0.3) is 5.69 Å². The number of dihydropyridines is 1. The average molecular weight is 414 g/mol. The van der Waals surface area contributed by atoms with E-state index < -0.39 is 35.6 Å². The molecule has 1 aliphatic rings. The molecule has 2 rings (SSSR count). The van der Waals surface area contributed by atoms with Gasteiger partial charge >= 0.3 is 18.1 Å². The average Bonchev–Trinajstić information content (AvgIpc) is 2.64. The molecule has 0 spiro atoms. The van der Waals surface area contributed by atoms with Crippen LogP contribution in [0.3, 0.4) is 0 Å². The Labute approximate surface area is 163 Å². The van der Waals surface area contributed by atoms with Crippen molar-refractivity contribution in [2.75, 3.05) is 13.7 Å². The molecule has 8 nitrogen and oxygen atoms in total. The third-order valence-electron chi connectivity index (χ3n) is 4.17. The first-order chi connectivity index (χ1) is 13.5. The van der Waals surface area contributed by atoms with Crippen LogP contribution in [0, 0.1) is 10.1 Å². The monoisotopic (exact) mass is 414 g/mol. The Balaban J connectivity index is 2.62. The van der Waals surface area contributed by atoms with Crippen LogP contribution in [0.4, 0.5) is 18.9 Å². The first-order valence-electron chi connectivity index (χ1n) is 8.21. The van der Waals surface area contributed by atoms with Gasteiger partial charge in [-0.25, -0.2) is 9.59 Å². The minimum Gasteiger partial charge on any atom is -0.466 e. The summed E-state index contributed by atoms with van der Waals surface area (Å²) in [5.74, 6) is -3.37. The number of hydrogen-bond acceptors (Lipinski definition) is 7. The van der Waals surface area contributed by atoms with Crippen LogP contribution in [0.25, 0.3) is 0 Å². The van der Waals surface area contributed by atoms with Crippen LogP contribution in [0.1, 0.15) is 25.3 Å². The number of nitrogens with zero attached hydrogens (tertiary/aromatic N) is 1. The number of nitro groups is 1. The number of allylic oxidation sites excluding steroid dienone is 2. The third-order valence-corrected chi connectivity index (χ3v) is 4.17. The molecule has 0 amide bonds. The maximum Gasteiger partial charge on any atom is 0.422 e. The number of rotatable bonds is 5. The van der Waals surface area contributed by atoms with Gasteiger partial charge in [0, 0.05) is 23.5 Å². The van der Waals surface area contributed by atoms with E-state index in [1.54, 1.807) is 0 Å². The van der Waals surface area contributed by atoms with Crippen LogP contribution >= 0.6 is 0 Å². The van der Waals surface area contributed by atoms with Crippen molar-refractivity contribution in [3.05, 3.63) is 62.5 Å². The highest BCUT2D eigenvalue weighted by molar-refractivity contribution is 5.99. The molecule has 1 N–H and O–H groups in total. The number of esters is 2. The van der Waals surface area contributed by atoms with E-state index in [0.717, 1.165) is 13.2 Å². The molecule has 1 atom stereocenters. The lowest BCUT2D eigenvalue weighted by Gasteiger charge is -2.30. The molecule has 0 aliphatic carbocycles. The third kappa shape index (κ3) is 4.92. The summed E-state index contributed by atoms with van der Waals surface area (Å²) in [6.07, 6.45) is -4.75. The number of halogens is 3. The molecule has 0 unspecified atom stereocenters. The molecular formula is C18H17F3N2O6. The van der Waals surface area contributed by atoms with Gasteiger partial charge in [-0.1, -0.05) is 12.1 Å². The van der Waals surface area contributed by atoms with Gasteiger partial charge in [-0.15, -0.1) is 0 Å². The summed E-state index contributed by atoms with van der Waals surface area (Å²) in [5.41, 5.74) is -0.0716. The van der Waals surface area contributed by atoms with Crippen LogP contribution in [-0.4, -0.2) is 36.8 Å². The first kappa shape index (κ1) is 21.9. The van der Waals surface area contributed by atoms with Crippen molar-refractivity contribution in [2.24, 2.45) is 0 Å². The van der Waals surface area contributed by atoms with E-state index in [1.165, 1.54) is 32.0 Å². The smallest absolute Gasteiger partial charge is 0.422 e. The number of carbonyl (C=O) groups is 2. The van der Waals surface area contributed by atoms with Crippen LogP contribution in [0.2, 0.25) is 0 Å². The van der Waals surface area contributed by atoms with Crippen molar-refractivity contribution in [1.82, 2.24) is 5.32 Å². The van der Waals surface area contributed by atoms with Gasteiger partial charge in [-0.05, 0) is 19.4 Å². The van der Waals surface area contributed by atoms with Crippen molar-refractivity contribution in [3.8, 4) is 0 Å². The highest BCUT2D eigenvalue weighted by Crippen LogP contribution is 2.40. The highest BCUT2D eigenvalue weighted by atomic mass is 19.4. The number of non-ortho nitro benzene ring substituents is 1. The zero-order valence-corrected chi connectivity index (χ0v) is 15.6. The van der Waals surface area contributed by atoms with Crippen molar-refractivity contribution in [1.29, 1.82) is 0 Å². The normalized spacial score (nSPS) is 17.0. The van der Waals surface area contributed by atoms with Crippen LogP contribution in [0.15, 0.2) is 46.8 Å². The second-order valence-electron chi connectivity index (χ2n) is 6.17. The SMILES string of the molecule is COC(=O)C1=C(C)NC(C)=C(C(=O)OCC(F)(F)F)[C@H]1c1cccc([N+](=O)[O-])c1. The van der Waals surface area contributed by atoms with E-state index in [0.29, 0.717) is 5.70 Å². The largest absolute Gasteiger partial charge is 0.466 e. The van der Waals surface area contributed by atoms with Gasteiger partial charge in [0.05, 0.1) is 29.1 Å². The Bertz CT molecular complexity index is 920. The summed E-state index contributed by atoms with van der Waals surface area (Å²) in [7, 11) is 1.10. The number of carbonyl (C=O) groups excluding carboxylic acids is 2. The van der Waals surface area contributed by atoms with Gasteiger partial charge in [-0.2, -0.15) is 13.2 Å². The maximum atomic E-state index is 12.5. The lowest BCUT2D eigenvalue weighted by Crippen LogP contribution is -2.33. The van der Waals surface area contributed by atoms with E-state index in [4.69, 9.17) is 4.74 Å². The number of ether oxygens (including phenoxy) is 2. The number of alkyl halides is 3. The quantitative estimate of drug-likeness (QED) is 0.448.